The van der Waals surface area contributed by atoms with E-state index in [2.05, 4.69) is 27.1 Å². The summed E-state index contributed by atoms with van der Waals surface area (Å²) in [5, 5.41) is 3.09. The quantitative estimate of drug-likeness (QED) is 0.868. The Morgan fingerprint density at radius 3 is 2.65 bits per heavy atom. The molecule has 6 heteroatoms. The van der Waals surface area contributed by atoms with Crippen molar-refractivity contribution >= 4 is 17.5 Å². The maximum absolute atomic E-state index is 11.5. The van der Waals surface area contributed by atoms with Gasteiger partial charge in [-0.25, -0.2) is 9.97 Å². The van der Waals surface area contributed by atoms with E-state index in [9.17, 15) is 4.79 Å². The van der Waals surface area contributed by atoms with E-state index in [1.807, 2.05) is 20.9 Å². The van der Waals surface area contributed by atoms with Crippen LogP contribution in [0.1, 0.15) is 31.2 Å². The van der Waals surface area contributed by atoms with E-state index in [0.717, 1.165) is 35.9 Å². The van der Waals surface area contributed by atoms with Gasteiger partial charge in [0.1, 0.15) is 17.5 Å². The van der Waals surface area contributed by atoms with Gasteiger partial charge in [-0.05, 0) is 33.6 Å². The molecule has 2 rings (SSSR count). The van der Waals surface area contributed by atoms with E-state index in [-0.39, 0.29) is 11.8 Å². The highest BCUT2D eigenvalue weighted by atomic mass is 16.1. The third-order valence-corrected chi connectivity index (χ3v) is 4.03. The third-order valence-electron chi connectivity index (χ3n) is 4.03. The molecule has 1 aliphatic heterocycles. The number of carbonyl (C=O) groups is 1. The van der Waals surface area contributed by atoms with Crippen LogP contribution < -0.4 is 16.0 Å². The number of carbonyl (C=O) groups excluding carboxylic acids is 1. The first-order valence-corrected chi connectivity index (χ1v) is 7.03. The lowest BCUT2D eigenvalue weighted by molar-refractivity contribution is -0.122. The Kier molecular flexibility index (Phi) is 4.11. The van der Waals surface area contributed by atoms with Crippen molar-refractivity contribution in [3.8, 4) is 0 Å². The number of hydrogen-bond donors (Lipinski definition) is 2. The molecular weight excluding hydrogens is 254 g/mol. The Hall–Kier alpha value is -1.85. The maximum Gasteiger partial charge on any atom is 0.222 e. The van der Waals surface area contributed by atoms with Crippen molar-refractivity contribution in [2.45, 2.75) is 39.7 Å². The lowest BCUT2D eigenvalue weighted by Crippen LogP contribution is -2.46. The average Bonchev–Trinajstić information content (AvgIpc) is 2.41. The van der Waals surface area contributed by atoms with Gasteiger partial charge in [0.25, 0.3) is 0 Å². The zero-order valence-corrected chi connectivity index (χ0v) is 12.6. The molecule has 20 heavy (non-hydrogen) atoms. The van der Waals surface area contributed by atoms with Crippen LogP contribution in [-0.4, -0.2) is 35.5 Å². The first-order chi connectivity index (χ1) is 9.43. The van der Waals surface area contributed by atoms with Gasteiger partial charge in [0.05, 0.1) is 5.92 Å². The Balaban J connectivity index is 2.38. The lowest BCUT2D eigenvalue weighted by Gasteiger charge is -2.38. The number of nitrogens with one attached hydrogen (secondary N) is 1. The molecule has 0 saturated carbocycles. The van der Waals surface area contributed by atoms with E-state index in [1.54, 1.807) is 0 Å². The molecule has 0 spiro atoms. The van der Waals surface area contributed by atoms with E-state index < -0.39 is 0 Å². The van der Waals surface area contributed by atoms with Crippen LogP contribution in [0.2, 0.25) is 0 Å². The SMILES string of the molecule is CNc1nc(C)nc(N2CC(C(N)=O)CCC2C)c1C. The second kappa shape index (κ2) is 5.64. The van der Waals surface area contributed by atoms with Gasteiger partial charge >= 0.3 is 0 Å². The molecule has 6 nitrogen and oxygen atoms in total. The number of rotatable bonds is 3. The second-order valence-corrected chi connectivity index (χ2v) is 5.50. The van der Waals surface area contributed by atoms with Gasteiger partial charge in [-0.1, -0.05) is 0 Å². The van der Waals surface area contributed by atoms with Crippen molar-refractivity contribution in [1.82, 2.24) is 9.97 Å². The summed E-state index contributed by atoms with van der Waals surface area (Å²) in [6.45, 7) is 6.68. The largest absolute Gasteiger partial charge is 0.373 e. The Morgan fingerprint density at radius 1 is 1.35 bits per heavy atom. The summed E-state index contributed by atoms with van der Waals surface area (Å²) >= 11 is 0. The zero-order valence-electron chi connectivity index (χ0n) is 12.6. The number of aromatic nitrogens is 2. The first kappa shape index (κ1) is 14.6. The number of nitrogens with zero attached hydrogens (tertiary/aromatic N) is 3. The van der Waals surface area contributed by atoms with Gasteiger partial charge in [-0.2, -0.15) is 0 Å². The Labute approximate surface area is 119 Å². The summed E-state index contributed by atoms with van der Waals surface area (Å²) < 4.78 is 0. The number of anilines is 2. The summed E-state index contributed by atoms with van der Waals surface area (Å²) in [6, 6.07) is 0.350. The summed E-state index contributed by atoms with van der Waals surface area (Å²) in [6.07, 6.45) is 1.81. The van der Waals surface area contributed by atoms with Gasteiger partial charge in [0.15, 0.2) is 0 Å². The molecule has 0 bridgehead atoms. The molecule has 3 N–H and O–H groups in total. The van der Waals surface area contributed by atoms with Gasteiger partial charge < -0.3 is 16.0 Å². The van der Waals surface area contributed by atoms with Crippen molar-refractivity contribution < 1.29 is 4.79 Å². The molecule has 1 aliphatic rings. The van der Waals surface area contributed by atoms with Crippen LogP contribution in [0.5, 0.6) is 0 Å². The van der Waals surface area contributed by atoms with Crippen molar-refractivity contribution in [3.05, 3.63) is 11.4 Å². The first-order valence-electron chi connectivity index (χ1n) is 7.03. The van der Waals surface area contributed by atoms with E-state index in [0.29, 0.717) is 12.6 Å². The van der Waals surface area contributed by atoms with Crippen LogP contribution in [0.3, 0.4) is 0 Å². The van der Waals surface area contributed by atoms with E-state index >= 15 is 0 Å². The third kappa shape index (κ3) is 2.69. The fourth-order valence-electron chi connectivity index (χ4n) is 2.77. The Bertz CT molecular complexity index is 517. The standard InChI is InChI=1S/C14H23N5O/c1-8-5-6-11(12(15)20)7-19(8)14-9(2)13(16-4)17-10(3)18-14/h8,11H,5-7H2,1-4H3,(H2,15,20)(H,16,17,18). The average molecular weight is 277 g/mol. The highest BCUT2D eigenvalue weighted by Crippen LogP contribution is 2.30. The van der Waals surface area contributed by atoms with Crippen molar-refractivity contribution in [3.63, 3.8) is 0 Å². The fourth-order valence-corrected chi connectivity index (χ4v) is 2.77. The molecule has 1 aromatic rings. The molecule has 1 saturated heterocycles. The molecule has 2 atom stereocenters. The Morgan fingerprint density at radius 2 is 2.05 bits per heavy atom. The molecule has 1 aromatic heterocycles. The fraction of sp³-hybridized carbons (Fsp3) is 0.643. The van der Waals surface area contributed by atoms with Crippen LogP contribution >= 0.6 is 0 Å². The van der Waals surface area contributed by atoms with Crippen LogP contribution in [0.4, 0.5) is 11.6 Å². The van der Waals surface area contributed by atoms with Crippen LogP contribution in [0.25, 0.3) is 0 Å². The summed E-state index contributed by atoms with van der Waals surface area (Å²) in [5.41, 5.74) is 6.48. The molecule has 2 heterocycles. The minimum absolute atomic E-state index is 0.0982. The highest BCUT2D eigenvalue weighted by Gasteiger charge is 2.30. The molecular formula is C14H23N5O. The van der Waals surface area contributed by atoms with Crippen molar-refractivity contribution in [1.29, 1.82) is 0 Å². The number of amides is 1. The van der Waals surface area contributed by atoms with Gasteiger partial charge in [0, 0.05) is 25.2 Å². The number of nitrogens with two attached hydrogens (primary N) is 1. The summed E-state index contributed by atoms with van der Waals surface area (Å²) in [4.78, 5) is 22.6. The van der Waals surface area contributed by atoms with E-state index in [1.165, 1.54) is 0 Å². The zero-order chi connectivity index (χ0) is 14.9. The molecule has 110 valence electrons. The monoisotopic (exact) mass is 277 g/mol. The predicted octanol–water partition coefficient (Wildman–Crippen LogP) is 1.23. The second-order valence-electron chi connectivity index (χ2n) is 5.50. The smallest absolute Gasteiger partial charge is 0.222 e. The maximum atomic E-state index is 11.5. The van der Waals surface area contributed by atoms with Crippen molar-refractivity contribution in [2.75, 3.05) is 23.8 Å². The number of hydrogen-bond acceptors (Lipinski definition) is 5. The topological polar surface area (TPSA) is 84.1 Å². The number of piperidine rings is 1. The molecule has 2 unspecified atom stereocenters. The van der Waals surface area contributed by atoms with Crippen molar-refractivity contribution in [2.24, 2.45) is 11.7 Å². The summed E-state index contributed by atoms with van der Waals surface area (Å²) in [7, 11) is 1.85. The number of aryl methyl sites for hydroxylation is 1. The molecule has 0 radical (unpaired) electrons. The molecule has 1 amide bonds. The van der Waals surface area contributed by atoms with E-state index in [4.69, 9.17) is 5.73 Å². The molecule has 1 fully saturated rings. The minimum atomic E-state index is -0.223. The van der Waals surface area contributed by atoms with Crippen LogP contribution in [0.15, 0.2) is 0 Å². The highest BCUT2D eigenvalue weighted by molar-refractivity contribution is 5.77. The minimum Gasteiger partial charge on any atom is -0.373 e. The van der Waals surface area contributed by atoms with Gasteiger partial charge in [-0.3, -0.25) is 4.79 Å². The molecule has 0 aromatic carbocycles. The lowest BCUT2D eigenvalue weighted by atomic mass is 9.92. The normalized spacial score (nSPS) is 22.7. The van der Waals surface area contributed by atoms with Crippen LogP contribution in [0, 0.1) is 19.8 Å². The van der Waals surface area contributed by atoms with Gasteiger partial charge in [-0.15, -0.1) is 0 Å². The van der Waals surface area contributed by atoms with Crippen LogP contribution in [-0.2, 0) is 4.79 Å². The number of primary amides is 1. The molecule has 0 aliphatic carbocycles. The summed E-state index contributed by atoms with van der Waals surface area (Å²) in [5.74, 6) is 2.14. The van der Waals surface area contributed by atoms with Gasteiger partial charge in [0.2, 0.25) is 5.91 Å². The predicted molar refractivity (Wildman–Crippen MR) is 79.8 cm³/mol.